The van der Waals surface area contributed by atoms with Gasteiger partial charge >= 0.3 is 0 Å². The van der Waals surface area contributed by atoms with E-state index in [2.05, 4.69) is 0 Å². The first kappa shape index (κ1) is 20.1. The number of ether oxygens (including phenoxy) is 5. The van der Waals surface area contributed by atoms with Crippen LogP contribution in [-0.4, -0.2) is 39.2 Å². The number of rotatable bonds is 6. The monoisotopic (exact) mass is 436 g/mol. The van der Waals surface area contributed by atoms with E-state index in [1.807, 2.05) is 47.5 Å². The molecule has 0 saturated heterocycles. The standard InChI is InChI=1S/C24H24N2O6/c1-27-19-8-5-7-15-17-13-16(18-9-6-10-31-18)25-26(17)24(32-22(15)19)14-11-20(28-2)23(30-4)21(12-14)29-3/h5-12,17,24H,13H2,1-4H3/t17-,24+/m1/s1. The van der Waals surface area contributed by atoms with Crippen molar-refractivity contribution in [3.63, 3.8) is 0 Å². The number of hydrazone groups is 1. The molecule has 8 nitrogen and oxygen atoms in total. The average Bonchev–Trinajstić information content (AvgIpc) is 3.52. The Balaban J connectivity index is 1.66. The maximum atomic E-state index is 6.50. The fraction of sp³-hybridized carbons (Fsp3) is 0.292. The van der Waals surface area contributed by atoms with Gasteiger partial charge < -0.3 is 28.1 Å². The van der Waals surface area contributed by atoms with Crippen molar-refractivity contribution in [1.82, 2.24) is 5.01 Å². The van der Waals surface area contributed by atoms with Crippen molar-refractivity contribution in [2.24, 2.45) is 5.10 Å². The van der Waals surface area contributed by atoms with E-state index in [0.29, 0.717) is 35.2 Å². The van der Waals surface area contributed by atoms with Crippen molar-refractivity contribution in [1.29, 1.82) is 0 Å². The highest BCUT2D eigenvalue weighted by Crippen LogP contribution is 2.52. The number of hydrogen-bond acceptors (Lipinski definition) is 8. The van der Waals surface area contributed by atoms with Crippen LogP contribution in [0.15, 0.2) is 58.2 Å². The molecule has 0 saturated carbocycles. The molecular formula is C24H24N2O6. The largest absolute Gasteiger partial charge is 0.493 e. The number of fused-ring (bicyclic) bond motifs is 3. The first-order valence-corrected chi connectivity index (χ1v) is 10.2. The Morgan fingerprint density at radius 1 is 0.906 bits per heavy atom. The Bertz CT molecular complexity index is 1130. The maximum Gasteiger partial charge on any atom is 0.214 e. The summed E-state index contributed by atoms with van der Waals surface area (Å²) in [6.07, 6.45) is 1.79. The Hall–Kier alpha value is -3.81. The van der Waals surface area contributed by atoms with Crippen molar-refractivity contribution in [3.8, 4) is 28.7 Å². The van der Waals surface area contributed by atoms with Gasteiger partial charge in [-0.25, -0.2) is 5.01 Å². The first-order valence-electron chi connectivity index (χ1n) is 10.2. The highest BCUT2D eigenvalue weighted by molar-refractivity contribution is 5.99. The molecule has 0 amide bonds. The normalized spacial score (nSPS) is 18.9. The van der Waals surface area contributed by atoms with Gasteiger partial charge in [0.1, 0.15) is 11.5 Å². The second-order valence-electron chi connectivity index (χ2n) is 7.43. The lowest BCUT2D eigenvalue weighted by molar-refractivity contribution is -0.0211. The molecule has 3 heterocycles. The molecule has 5 rings (SSSR count). The Kier molecular flexibility index (Phi) is 5.05. The molecule has 2 atom stereocenters. The molecule has 2 aromatic carbocycles. The van der Waals surface area contributed by atoms with Gasteiger partial charge in [0.15, 0.2) is 23.0 Å². The Labute approximate surface area is 185 Å². The molecule has 166 valence electrons. The summed E-state index contributed by atoms with van der Waals surface area (Å²) in [5.74, 6) is 3.72. The van der Waals surface area contributed by atoms with Crippen molar-refractivity contribution < 1.29 is 28.1 Å². The molecule has 8 heteroatoms. The fourth-order valence-corrected chi connectivity index (χ4v) is 4.30. The highest BCUT2D eigenvalue weighted by Gasteiger charge is 2.43. The van der Waals surface area contributed by atoms with E-state index < -0.39 is 6.23 Å². The van der Waals surface area contributed by atoms with Crippen molar-refractivity contribution in [3.05, 3.63) is 65.6 Å². The molecule has 0 fully saturated rings. The van der Waals surface area contributed by atoms with Crippen LogP contribution < -0.4 is 23.7 Å². The van der Waals surface area contributed by atoms with Crippen LogP contribution in [0.2, 0.25) is 0 Å². The average molecular weight is 436 g/mol. The summed E-state index contributed by atoms with van der Waals surface area (Å²) in [6.45, 7) is 0. The number of para-hydroxylation sites is 1. The van der Waals surface area contributed by atoms with Crippen molar-refractivity contribution in [2.75, 3.05) is 28.4 Å². The minimum absolute atomic E-state index is 0.0435. The molecule has 0 N–H and O–H groups in total. The second kappa shape index (κ2) is 8.03. The zero-order chi connectivity index (χ0) is 22.2. The lowest BCUT2D eigenvalue weighted by Crippen LogP contribution is -2.34. The minimum Gasteiger partial charge on any atom is -0.493 e. The van der Waals surface area contributed by atoms with Gasteiger partial charge in [-0.05, 0) is 30.3 Å². The molecule has 32 heavy (non-hydrogen) atoms. The predicted molar refractivity (Wildman–Crippen MR) is 117 cm³/mol. The van der Waals surface area contributed by atoms with Crippen molar-refractivity contribution >= 4 is 5.71 Å². The molecule has 3 aromatic rings. The molecule has 2 aliphatic rings. The van der Waals surface area contributed by atoms with Gasteiger partial charge in [0, 0.05) is 17.5 Å². The van der Waals surface area contributed by atoms with Gasteiger partial charge in [-0.15, -0.1) is 0 Å². The van der Waals surface area contributed by atoms with Crippen LogP contribution in [0.3, 0.4) is 0 Å². The van der Waals surface area contributed by atoms with Gasteiger partial charge in [-0.2, -0.15) is 5.10 Å². The van der Waals surface area contributed by atoms with Gasteiger partial charge in [0.2, 0.25) is 12.0 Å². The number of furan rings is 1. The third-order valence-corrected chi connectivity index (χ3v) is 5.78. The lowest BCUT2D eigenvalue weighted by atomic mass is 9.97. The van der Waals surface area contributed by atoms with E-state index in [9.17, 15) is 0 Å². The quantitative estimate of drug-likeness (QED) is 0.561. The first-order chi connectivity index (χ1) is 15.7. The van der Waals surface area contributed by atoms with E-state index >= 15 is 0 Å². The summed E-state index contributed by atoms with van der Waals surface area (Å²) in [5, 5.41) is 6.85. The number of methoxy groups -OCH3 is 4. The van der Waals surface area contributed by atoms with Crippen LogP contribution in [0.25, 0.3) is 0 Å². The van der Waals surface area contributed by atoms with Crippen LogP contribution >= 0.6 is 0 Å². The van der Waals surface area contributed by atoms with E-state index in [0.717, 1.165) is 22.6 Å². The molecule has 0 radical (unpaired) electrons. The third kappa shape index (κ3) is 3.10. The number of nitrogens with zero attached hydrogens (tertiary/aromatic N) is 2. The SMILES string of the molecule is COc1cc([C@@H]2Oc3c(OC)cccc3[C@H]3CC(c4ccco4)=NN32)cc(OC)c1OC. The van der Waals surface area contributed by atoms with Gasteiger partial charge in [0.25, 0.3) is 0 Å². The van der Waals surface area contributed by atoms with Crippen LogP contribution in [0.1, 0.15) is 35.6 Å². The summed E-state index contributed by atoms with van der Waals surface area (Å²) in [5.41, 5.74) is 2.68. The smallest absolute Gasteiger partial charge is 0.214 e. The lowest BCUT2D eigenvalue weighted by Gasteiger charge is -2.38. The molecule has 2 aliphatic heterocycles. The molecule has 0 spiro atoms. The molecule has 1 aromatic heterocycles. The topological polar surface area (TPSA) is 74.9 Å². The summed E-state index contributed by atoms with van der Waals surface area (Å²) in [7, 11) is 6.40. The van der Waals surface area contributed by atoms with Gasteiger partial charge in [-0.1, -0.05) is 12.1 Å². The van der Waals surface area contributed by atoms with Crippen LogP contribution in [0.4, 0.5) is 0 Å². The molecule has 0 aliphatic carbocycles. The second-order valence-corrected chi connectivity index (χ2v) is 7.43. The molecule has 0 unspecified atom stereocenters. The Morgan fingerprint density at radius 3 is 2.28 bits per heavy atom. The molecular weight excluding hydrogens is 412 g/mol. The highest BCUT2D eigenvalue weighted by atomic mass is 16.5. The fourth-order valence-electron chi connectivity index (χ4n) is 4.30. The van der Waals surface area contributed by atoms with E-state index in [1.165, 1.54) is 0 Å². The summed E-state index contributed by atoms with van der Waals surface area (Å²) in [4.78, 5) is 0. The van der Waals surface area contributed by atoms with E-state index in [-0.39, 0.29) is 6.04 Å². The number of benzene rings is 2. The van der Waals surface area contributed by atoms with Crippen LogP contribution in [0.5, 0.6) is 28.7 Å². The minimum atomic E-state index is -0.537. The number of hydrogen-bond donors (Lipinski definition) is 0. The van der Waals surface area contributed by atoms with Gasteiger partial charge in [-0.3, -0.25) is 0 Å². The van der Waals surface area contributed by atoms with Gasteiger partial charge in [0.05, 0.1) is 40.7 Å². The predicted octanol–water partition coefficient (Wildman–Crippen LogP) is 4.56. The van der Waals surface area contributed by atoms with Crippen LogP contribution in [-0.2, 0) is 0 Å². The zero-order valence-electron chi connectivity index (χ0n) is 18.3. The van der Waals surface area contributed by atoms with Crippen molar-refractivity contribution in [2.45, 2.75) is 18.7 Å². The Morgan fingerprint density at radius 2 is 1.66 bits per heavy atom. The summed E-state index contributed by atoms with van der Waals surface area (Å²) in [6, 6.07) is 13.4. The summed E-state index contributed by atoms with van der Waals surface area (Å²) < 4.78 is 34.3. The molecule has 0 bridgehead atoms. The summed E-state index contributed by atoms with van der Waals surface area (Å²) >= 11 is 0. The van der Waals surface area contributed by atoms with E-state index in [4.69, 9.17) is 33.2 Å². The van der Waals surface area contributed by atoms with E-state index in [1.54, 1.807) is 34.7 Å². The third-order valence-electron chi connectivity index (χ3n) is 5.78. The maximum absolute atomic E-state index is 6.50. The zero-order valence-corrected chi connectivity index (χ0v) is 18.3. The van der Waals surface area contributed by atoms with Crippen LogP contribution in [0, 0.1) is 0 Å².